The summed E-state index contributed by atoms with van der Waals surface area (Å²) in [5.41, 5.74) is 1.57. The molecule has 4 aromatic rings. The molecule has 3 N–H and O–H groups in total. The fraction of sp³-hybridized carbons (Fsp3) is 0.286. The maximum Gasteiger partial charge on any atom is 0.265 e. The van der Waals surface area contributed by atoms with E-state index in [0.29, 0.717) is 16.2 Å². The first-order valence-electron chi connectivity index (χ1n) is 9.76. The highest BCUT2D eigenvalue weighted by molar-refractivity contribution is 7.20. The van der Waals surface area contributed by atoms with Crippen LogP contribution < -0.4 is 15.4 Å². The van der Waals surface area contributed by atoms with Gasteiger partial charge in [-0.25, -0.2) is 9.37 Å². The molecule has 0 atom stereocenters. The standard InChI is InChI=1S/C21H20FN5O2S/c1-29-19-15(8-13-10-24-27-18(13)17(19)22)25-20(28)16-9-12-2-3-14(26-21(12)30-16)11-4-6-23-7-5-11/h2-3,8-11,23H,4-7H2,1H3,(H,24,27)(H,25,28). The fourth-order valence-corrected chi connectivity index (χ4v) is 4.83. The summed E-state index contributed by atoms with van der Waals surface area (Å²) in [7, 11) is 1.36. The molecule has 0 aliphatic carbocycles. The minimum atomic E-state index is -0.590. The number of nitrogens with zero attached hydrogens (tertiary/aromatic N) is 2. The van der Waals surface area contributed by atoms with Crippen LogP contribution >= 0.6 is 11.3 Å². The van der Waals surface area contributed by atoms with E-state index in [-0.39, 0.29) is 22.9 Å². The summed E-state index contributed by atoms with van der Waals surface area (Å²) in [4.78, 5) is 19.0. The molecule has 0 bridgehead atoms. The third-order valence-electron chi connectivity index (χ3n) is 5.47. The number of halogens is 1. The van der Waals surface area contributed by atoms with Gasteiger partial charge in [0.05, 0.1) is 23.9 Å². The molecule has 30 heavy (non-hydrogen) atoms. The molecule has 3 aromatic heterocycles. The molecule has 1 amide bonds. The van der Waals surface area contributed by atoms with E-state index >= 15 is 0 Å². The van der Waals surface area contributed by atoms with Crippen LogP contribution in [0.25, 0.3) is 21.1 Å². The Hall–Kier alpha value is -3.04. The molecule has 7 nitrogen and oxygen atoms in total. The second-order valence-corrected chi connectivity index (χ2v) is 8.36. The van der Waals surface area contributed by atoms with Crippen LogP contribution in [0.3, 0.4) is 0 Å². The summed E-state index contributed by atoms with van der Waals surface area (Å²) in [5, 5.41) is 14.1. The Kier molecular flexibility index (Phi) is 4.84. The van der Waals surface area contributed by atoms with E-state index in [0.717, 1.165) is 41.8 Å². The van der Waals surface area contributed by atoms with Crippen molar-refractivity contribution in [3.8, 4) is 5.75 Å². The van der Waals surface area contributed by atoms with Gasteiger partial charge >= 0.3 is 0 Å². The second kappa shape index (κ2) is 7.66. The number of rotatable bonds is 4. The van der Waals surface area contributed by atoms with E-state index in [1.165, 1.54) is 24.6 Å². The van der Waals surface area contributed by atoms with Crippen molar-refractivity contribution in [3.63, 3.8) is 0 Å². The number of carbonyl (C=O) groups excluding carboxylic acids is 1. The molecular weight excluding hydrogens is 405 g/mol. The summed E-state index contributed by atoms with van der Waals surface area (Å²) in [6.45, 7) is 2.00. The Labute approximate surface area is 175 Å². The van der Waals surface area contributed by atoms with Crippen molar-refractivity contribution in [1.82, 2.24) is 20.5 Å². The summed E-state index contributed by atoms with van der Waals surface area (Å²) in [6, 6.07) is 7.52. The third-order valence-corrected chi connectivity index (χ3v) is 6.51. The number of carbonyl (C=O) groups is 1. The van der Waals surface area contributed by atoms with E-state index in [4.69, 9.17) is 9.72 Å². The maximum atomic E-state index is 14.6. The molecule has 1 aromatic carbocycles. The molecule has 0 spiro atoms. The number of hydrogen-bond donors (Lipinski definition) is 3. The summed E-state index contributed by atoms with van der Waals surface area (Å²) in [6.07, 6.45) is 3.64. The SMILES string of the molecule is COc1c(NC(=O)c2cc3ccc(C4CCNCC4)nc3s2)cc2cn[nH]c2c1F. The fourth-order valence-electron chi connectivity index (χ4n) is 3.90. The van der Waals surface area contributed by atoms with Gasteiger partial charge in [0.15, 0.2) is 11.6 Å². The van der Waals surface area contributed by atoms with Crippen molar-refractivity contribution < 1.29 is 13.9 Å². The Morgan fingerprint density at radius 3 is 2.90 bits per heavy atom. The monoisotopic (exact) mass is 425 g/mol. The smallest absolute Gasteiger partial charge is 0.265 e. The largest absolute Gasteiger partial charge is 0.492 e. The molecule has 4 heterocycles. The van der Waals surface area contributed by atoms with Crippen LogP contribution in [0.2, 0.25) is 0 Å². The molecule has 9 heteroatoms. The number of pyridine rings is 1. The van der Waals surface area contributed by atoms with Crippen LogP contribution in [-0.2, 0) is 0 Å². The maximum absolute atomic E-state index is 14.6. The number of nitrogens with one attached hydrogen (secondary N) is 3. The number of aromatic amines is 1. The number of ether oxygens (including phenoxy) is 1. The summed E-state index contributed by atoms with van der Waals surface area (Å²) < 4.78 is 19.8. The molecule has 0 radical (unpaired) electrons. The van der Waals surface area contributed by atoms with E-state index in [1.54, 1.807) is 6.07 Å². The molecular formula is C21H20FN5O2S. The highest BCUT2D eigenvalue weighted by atomic mass is 32.1. The molecule has 1 saturated heterocycles. The van der Waals surface area contributed by atoms with Crippen LogP contribution in [0, 0.1) is 5.82 Å². The molecule has 1 fully saturated rings. The molecule has 0 unspecified atom stereocenters. The number of fused-ring (bicyclic) bond motifs is 2. The van der Waals surface area contributed by atoms with E-state index in [9.17, 15) is 9.18 Å². The zero-order valence-corrected chi connectivity index (χ0v) is 17.1. The number of benzene rings is 1. The zero-order chi connectivity index (χ0) is 20.7. The van der Waals surface area contributed by atoms with Gasteiger partial charge in [-0.1, -0.05) is 6.07 Å². The van der Waals surface area contributed by atoms with Gasteiger partial charge in [-0.05, 0) is 44.1 Å². The molecule has 1 aliphatic rings. The van der Waals surface area contributed by atoms with Crippen molar-refractivity contribution in [2.45, 2.75) is 18.8 Å². The lowest BCUT2D eigenvalue weighted by Gasteiger charge is -2.21. The average Bonchev–Trinajstić information content (AvgIpc) is 3.41. The summed E-state index contributed by atoms with van der Waals surface area (Å²) >= 11 is 1.33. The lowest BCUT2D eigenvalue weighted by molar-refractivity contribution is 0.103. The number of anilines is 1. The predicted molar refractivity (Wildman–Crippen MR) is 115 cm³/mol. The van der Waals surface area contributed by atoms with Gasteiger partial charge in [-0.2, -0.15) is 5.10 Å². The lowest BCUT2D eigenvalue weighted by Crippen LogP contribution is -2.26. The number of aromatic nitrogens is 3. The van der Waals surface area contributed by atoms with E-state index < -0.39 is 5.82 Å². The highest BCUT2D eigenvalue weighted by Gasteiger charge is 2.21. The van der Waals surface area contributed by atoms with Gasteiger partial charge in [0, 0.05) is 22.4 Å². The van der Waals surface area contributed by atoms with Gasteiger partial charge < -0.3 is 15.4 Å². The lowest BCUT2D eigenvalue weighted by atomic mass is 9.94. The van der Waals surface area contributed by atoms with Crippen molar-refractivity contribution in [3.05, 3.63) is 46.9 Å². The van der Waals surface area contributed by atoms with Gasteiger partial charge in [-0.3, -0.25) is 9.89 Å². The van der Waals surface area contributed by atoms with E-state index in [1.807, 2.05) is 12.1 Å². The Morgan fingerprint density at radius 1 is 1.27 bits per heavy atom. The zero-order valence-electron chi connectivity index (χ0n) is 16.3. The Bertz CT molecular complexity index is 1250. The molecule has 5 rings (SSSR count). The van der Waals surface area contributed by atoms with Crippen LogP contribution in [0.5, 0.6) is 5.75 Å². The van der Waals surface area contributed by atoms with Gasteiger partial charge in [0.2, 0.25) is 0 Å². The number of amides is 1. The first kappa shape index (κ1) is 19.0. The van der Waals surface area contributed by atoms with E-state index in [2.05, 4.69) is 26.9 Å². The number of piperidine rings is 1. The van der Waals surface area contributed by atoms with Crippen LogP contribution in [0.4, 0.5) is 10.1 Å². The van der Waals surface area contributed by atoms with Crippen LogP contribution in [0.1, 0.15) is 34.1 Å². The molecule has 0 saturated carbocycles. The predicted octanol–water partition coefficient (Wildman–Crippen LogP) is 4.04. The normalized spacial score (nSPS) is 15.0. The first-order chi connectivity index (χ1) is 14.6. The van der Waals surface area contributed by atoms with Crippen LogP contribution in [-0.4, -0.2) is 41.3 Å². The first-order valence-corrected chi connectivity index (χ1v) is 10.6. The number of hydrogen-bond acceptors (Lipinski definition) is 6. The Balaban J connectivity index is 1.44. The van der Waals surface area contributed by atoms with Gasteiger partial charge in [0.1, 0.15) is 10.3 Å². The van der Waals surface area contributed by atoms with Gasteiger partial charge in [0.25, 0.3) is 5.91 Å². The van der Waals surface area contributed by atoms with Crippen molar-refractivity contribution in [2.75, 3.05) is 25.5 Å². The van der Waals surface area contributed by atoms with Gasteiger partial charge in [-0.15, -0.1) is 11.3 Å². The summed E-state index contributed by atoms with van der Waals surface area (Å²) in [5.74, 6) is -0.508. The second-order valence-electron chi connectivity index (χ2n) is 7.33. The topological polar surface area (TPSA) is 91.9 Å². The Morgan fingerprint density at radius 2 is 2.10 bits per heavy atom. The minimum absolute atomic E-state index is 0.0347. The number of methoxy groups -OCH3 is 1. The third kappa shape index (κ3) is 3.29. The highest BCUT2D eigenvalue weighted by Crippen LogP contribution is 2.35. The average molecular weight is 425 g/mol. The van der Waals surface area contributed by atoms with Crippen molar-refractivity contribution >= 4 is 44.1 Å². The van der Waals surface area contributed by atoms with Crippen LogP contribution in [0.15, 0.2) is 30.5 Å². The van der Waals surface area contributed by atoms with Crippen molar-refractivity contribution in [1.29, 1.82) is 0 Å². The molecule has 1 aliphatic heterocycles. The number of H-pyrrole nitrogens is 1. The van der Waals surface area contributed by atoms with Crippen molar-refractivity contribution in [2.24, 2.45) is 0 Å². The number of thiophene rings is 1. The molecule has 154 valence electrons. The quantitative estimate of drug-likeness (QED) is 0.459. The minimum Gasteiger partial charge on any atom is -0.492 e.